The summed E-state index contributed by atoms with van der Waals surface area (Å²) in [7, 11) is 0. The maximum Gasteiger partial charge on any atom is 0.221 e. The van der Waals surface area contributed by atoms with E-state index >= 15 is 0 Å². The molecular weight excluding hydrogens is 508 g/mol. The molecule has 0 aliphatic carbocycles. The van der Waals surface area contributed by atoms with Gasteiger partial charge < -0.3 is 19.0 Å². The maximum absolute atomic E-state index is 13.3. The van der Waals surface area contributed by atoms with Gasteiger partial charge in [0.05, 0.1) is 12.8 Å². The van der Waals surface area contributed by atoms with E-state index in [2.05, 4.69) is 77.6 Å². The van der Waals surface area contributed by atoms with Crippen molar-refractivity contribution in [2.45, 2.75) is 32.4 Å². The monoisotopic (exact) mass is 540 g/mol. The number of amides is 1. The largest absolute Gasteiger partial charge is 0.467 e. The van der Waals surface area contributed by atoms with Crippen LogP contribution in [0.5, 0.6) is 11.5 Å². The lowest BCUT2D eigenvalue weighted by Gasteiger charge is -2.18. The number of ether oxygens (including phenoxy) is 1. The van der Waals surface area contributed by atoms with Crippen molar-refractivity contribution in [2.75, 3.05) is 0 Å². The molecule has 1 amide bonds. The van der Waals surface area contributed by atoms with Crippen molar-refractivity contribution < 1.29 is 13.9 Å². The molecule has 5 nitrogen and oxygen atoms in total. The highest BCUT2D eigenvalue weighted by Gasteiger charge is 2.23. The summed E-state index contributed by atoms with van der Waals surface area (Å²) in [4.78, 5) is 13.3. The van der Waals surface area contributed by atoms with Crippen molar-refractivity contribution in [3.8, 4) is 11.5 Å². The average molecular weight is 541 g/mol. The van der Waals surface area contributed by atoms with Crippen LogP contribution in [0.25, 0.3) is 10.9 Å². The third kappa shape index (κ3) is 6.25. The van der Waals surface area contributed by atoms with Crippen LogP contribution in [0.3, 0.4) is 0 Å². The fourth-order valence-electron chi connectivity index (χ4n) is 5.26. The Balaban J connectivity index is 1.37. The van der Waals surface area contributed by atoms with E-state index in [0.717, 1.165) is 45.8 Å². The van der Waals surface area contributed by atoms with Crippen LogP contribution in [0.4, 0.5) is 0 Å². The lowest BCUT2D eigenvalue weighted by Crippen LogP contribution is -2.24. The molecule has 2 aromatic heterocycles. The molecule has 0 aliphatic rings. The Morgan fingerprint density at radius 3 is 2.44 bits per heavy atom. The molecule has 0 saturated heterocycles. The first-order valence-electron chi connectivity index (χ1n) is 13.9. The molecule has 1 atom stereocenters. The van der Waals surface area contributed by atoms with Gasteiger partial charge in [0.1, 0.15) is 17.3 Å². The number of aromatic nitrogens is 1. The number of fused-ring (bicyclic) bond motifs is 1. The highest BCUT2D eigenvalue weighted by Crippen LogP contribution is 2.37. The van der Waals surface area contributed by atoms with Crippen molar-refractivity contribution in [2.24, 2.45) is 0 Å². The zero-order valence-electron chi connectivity index (χ0n) is 23.0. The van der Waals surface area contributed by atoms with E-state index < -0.39 is 0 Å². The van der Waals surface area contributed by atoms with Crippen LogP contribution in [0, 0.1) is 6.92 Å². The Kier molecular flexibility index (Phi) is 7.68. The van der Waals surface area contributed by atoms with E-state index in [-0.39, 0.29) is 18.2 Å². The van der Waals surface area contributed by atoms with Crippen LogP contribution in [0.2, 0.25) is 0 Å². The molecule has 0 spiro atoms. The quantitative estimate of drug-likeness (QED) is 0.190. The number of para-hydroxylation sites is 2. The third-order valence-corrected chi connectivity index (χ3v) is 7.34. The molecule has 0 aliphatic heterocycles. The van der Waals surface area contributed by atoms with Crippen molar-refractivity contribution >= 4 is 16.8 Å². The first-order chi connectivity index (χ1) is 20.1. The molecule has 0 saturated carbocycles. The standard InChI is InChI=1S/C36H32N2O3/c1-26-16-18-27(19-17-26)24-38-25-34(32-14-5-6-15-35(32)38)33(22-36(39)37-23-31-13-8-20-40-31)28-9-7-12-30(21-28)41-29-10-3-2-4-11-29/h2-21,25,33H,22-24H2,1H3,(H,37,39)/t33-/m0/s1. The van der Waals surface area contributed by atoms with E-state index in [1.54, 1.807) is 6.26 Å². The van der Waals surface area contributed by atoms with Gasteiger partial charge >= 0.3 is 0 Å². The van der Waals surface area contributed by atoms with Gasteiger partial charge in [0.15, 0.2) is 0 Å². The second-order valence-electron chi connectivity index (χ2n) is 10.3. The fraction of sp³-hybridized carbons (Fsp3) is 0.139. The number of carbonyl (C=O) groups is 1. The molecule has 1 N–H and O–H groups in total. The zero-order chi connectivity index (χ0) is 28.0. The molecule has 204 valence electrons. The van der Waals surface area contributed by atoms with Gasteiger partial charge in [-0.1, -0.05) is 78.4 Å². The summed E-state index contributed by atoms with van der Waals surface area (Å²) in [6, 6.07) is 38.6. The van der Waals surface area contributed by atoms with Crippen LogP contribution < -0.4 is 10.1 Å². The molecular formula is C36H32N2O3. The maximum atomic E-state index is 13.3. The molecule has 41 heavy (non-hydrogen) atoms. The number of aryl methyl sites for hydroxylation is 1. The summed E-state index contributed by atoms with van der Waals surface area (Å²) in [6.45, 7) is 3.20. The van der Waals surface area contributed by atoms with Crippen LogP contribution in [-0.4, -0.2) is 10.5 Å². The Labute approximate surface area is 240 Å². The van der Waals surface area contributed by atoms with Crippen molar-refractivity contribution in [3.63, 3.8) is 0 Å². The molecule has 6 rings (SSSR count). The summed E-state index contributed by atoms with van der Waals surface area (Å²) in [5, 5.41) is 4.18. The Morgan fingerprint density at radius 1 is 0.854 bits per heavy atom. The molecule has 0 bridgehead atoms. The van der Waals surface area contributed by atoms with Crippen LogP contribution >= 0.6 is 0 Å². The predicted octanol–water partition coefficient (Wildman–Crippen LogP) is 8.22. The first kappa shape index (κ1) is 26.2. The Hall–Kier alpha value is -5.03. The first-order valence-corrected chi connectivity index (χ1v) is 13.9. The normalized spacial score (nSPS) is 11.8. The van der Waals surface area contributed by atoms with Crippen LogP contribution in [0.1, 0.15) is 40.4 Å². The number of benzene rings is 4. The number of furan rings is 1. The Bertz CT molecular complexity index is 1740. The van der Waals surface area contributed by atoms with Crippen molar-refractivity contribution in [1.29, 1.82) is 0 Å². The fourth-order valence-corrected chi connectivity index (χ4v) is 5.26. The summed E-state index contributed by atoms with van der Waals surface area (Å²) >= 11 is 0. The number of hydrogen-bond donors (Lipinski definition) is 1. The van der Waals surface area contributed by atoms with Gasteiger partial charge in [-0.05, 0) is 66.1 Å². The molecule has 5 heteroatoms. The highest BCUT2D eigenvalue weighted by atomic mass is 16.5. The smallest absolute Gasteiger partial charge is 0.221 e. The minimum Gasteiger partial charge on any atom is -0.467 e. The molecule has 0 radical (unpaired) electrons. The topological polar surface area (TPSA) is 56.4 Å². The molecule has 2 heterocycles. The summed E-state index contributed by atoms with van der Waals surface area (Å²) in [6.07, 6.45) is 4.11. The van der Waals surface area contributed by atoms with Gasteiger partial charge in [-0.3, -0.25) is 4.79 Å². The van der Waals surface area contributed by atoms with E-state index in [1.165, 1.54) is 11.1 Å². The molecule has 0 fully saturated rings. The lowest BCUT2D eigenvalue weighted by atomic mass is 9.88. The van der Waals surface area contributed by atoms with Crippen LogP contribution in [0.15, 0.2) is 132 Å². The summed E-state index contributed by atoms with van der Waals surface area (Å²) in [5.41, 5.74) is 5.74. The second kappa shape index (κ2) is 12.0. The minimum atomic E-state index is -0.185. The summed E-state index contributed by atoms with van der Waals surface area (Å²) in [5.74, 6) is 2.00. The number of carbonyl (C=O) groups excluding carboxylic acids is 1. The van der Waals surface area contributed by atoms with Gasteiger partial charge in [-0.15, -0.1) is 0 Å². The predicted molar refractivity (Wildman–Crippen MR) is 162 cm³/mol. The third-order valence-electron chi connectivity index (χ3n) is 7.34. The van der Waals surface area contributed by atoms with Gasteiger partial charge in [0.25, 0.3) is 0 Å². The highest BCUT2D eigenvalue weighted by molar-refractivity contribution is 5.87. The van der Waals surface area contributed by atoms with Gasteiger partial charge in [-0.25, -0.2) is 0 Å². The molecule has 6 aromatic rings. The number of nitrogens with one attached hydrogen (secondary N) is 1. The van der Waals surface area contributed by atoms with Gasteiger partial charge in [0, 0.05) is 36.0 Å². The average Bonchev–Trinajstić information content (AvgIpc) is 3.65. The van der Waals surface area contributed by atoms with Gasteiger partial charge in [0.2, 0.25) is 5.91 Å². The molecule has 0 unspecified atom stereocenters. The molecule has 4 aromatic carbocycles. The van der Waals surface area contributed by atoms with E-state index in [1.807, 2.05) is 60.7 Å². The Morgan fingerprint density at radius 2 is 1.63 bits per heavy atom. The minimum absolute atomic E-state index is 0.0452. The lowest BCUT2D eigenvalue weighted by molar-refractivity contribution is -0.121. The van der Waals surface area contributed by atoms with Crippen molar-refractivity contribution in [1.82, 2.24) is 9.88 Å². The van der Waals surface area contributed by atoms with Crippen molar-refractivity contribution in [3.05, 3.63) is 156 Å². The summed E-state index contributed by atoms with van der Waals surface area (Å²) < 4.78 is 13.9. The van der Waals surface area contributed by atoms with E-state index in [0.29, 0.717) is 6.54 Å². The van der Waals surface area contributed by atoms with Gasteiger partial charge in [-0.2, -0.15) is 0 Å². The number of rotatable bonds is 10. The zero-order valence-corrected chi connectivity index (χ0v) is 23.0. The second-order valence-corrected chi connectivity index (χ2v) is 10.3. The SMILES string of the molecule is Cc1ccc(Cn2cc([C@@H](CC(=O)NCc3ccco3)c3cccc(Oc4ccccc4)c3)c3ccccc32)cc1. The van der Waals surface area contributed by atoms with E-state index in [9.17, 15) is 4.79 Å². The number of nitrogens with zero attached hydrogens (tertiary/aromatic N) is 1. The van der Waals surface area contributed by atoms with Crippen LogP contribution in [-0.2, 0) is 17.9 Å². The van der Waals surface area contributed by atoms with E-state index in [4.69, 9.17) is 9.15 Å². The number of hydrogen-bond acceptors (Lipinski definition) is 3.